The number of nitriles is 1. The first-order valence-corrected chi connectivity index (χ1v) is 9.22. The summed E-state index contributed by atoms with van der Waals surface area (Å²) in [4.78, 5) is 15.3. The van der Waals surface area contributed by atoms with Gasteiger partial charge in [0.05, 0.1) is 16.2 Å². The number of likely N-dealkylation sites (tertiary alicyclic amines) is 1. The molecule has 6 nitrogen and oxygen atoms in total. The lowest BCUT2D eigenvalue weighted by atomic mass is 9.93. The summed E-state index contributed by atoms with van der Waals surface area (Å²) in [5, 5.41) is 20.3. The Morgan fingerprint density at radius 1 is 1.28 bits per heavy atom. The zero-order chi connectivity index (χ0) is 17.8. The molecule has 6 heteroatoms. The molecule has 0 aromatic heterocycles. The molecule has 0 aliphatic carbocycles. The summed E-state index contributed by atoms with van der Waals surface area (Å²) in [7, 11) is 0. The maximum atomic E-state index is 10.9. The molecule has 2 aliphatic heterocycles. The number of piperidine rings is 2. The molecule has 25 heavy (non-hydrogen) atoms. The number of benzene rings is 1. The highest BCUT2D eigenvalue weighted by atomic mass is 16.6. The van der Waals surface area contributed by atoms with Crippen molar-refractivity contribution in [3.8, 4) is 6.07 Å². The number of nitro benzene ring substituents is 1. The van der Waals surface area contributed by atoms with E-state index in [-0.39, 0.29) is 5.69 Å². The Balaban J connectivity index is 1.67. The number of hydrogen-bond donors (Lipinski definition) is 0. The molecule has 134 valence electrons. The Hall–Kier alpha value is -2.13. The lowest BCUT2D eigenvalue weighted by Gasteiger charge is -2.39. The van der Waals surface area contributed by atoms with E-state index in [1.807, 2.05) is 0 Å². The number of anilines is 1. The normalized spacial score (nSPS) is 22.6. The van der Waals surface area contributed by atoms with Gasteiger partial charge in [-0.05, 0) is 56.7 Å². The SMILES string of the molecule is CC1CCN(CC2CCCN(c3ccc([N+](=O)[O-])cc3C#N)C2)CC1. The van der Waals surface area contributed by atoms with Gasteiger partial charge in [0.15, 0.2) is 0 Å². The molecule has 0 bridgehead atoms. The van der Waals surface area contributed by atoms with Crippen LogP contribution in [0.3, 0.4) is 0 Å². The van der Waals surface area contributed by atoms with Crippen molar-refractivity contribution in [2.45, 2.75) is 32.6 Å². The second kappa shape index (κ2) is 7.83. The number of non-ortho nitro benzene ring substituents is 1. The van der Waals surface area contributed by atoms with Crippen LogP contribution in [0.2, 0.25) is 0 Å². The molecule has 1 atom stereocenters. The van der Waals surface area contributed by atoms with Crippen molar-refractivity contribution in [3.63, 3.8) is 0 Å². The highest BCUT2D eigenvalue weighted by molar-refractivity contribution is 5.63. The molecule has 2 heterocycles. The molecule has 1 unspecified atom stereocenters. The molecule has 0 radical (unpaired) electrons. The highest BCUT2D eigenvalue weighted by Gasteiger charge is 2.26. The van der Waals surface area contributed by atoms with Crippen LogP contribution in [0.4, 0.5) is 11.4 Å². The van der Waals surface area contributed by atoms with E-state index in [2.05, 4.69) is 22.8 Å². The maximum absolute atomic E-state index is 10.9. The number of nitro groups is 1. The van der Waals surface area contributed by atoms with Crippen LogP contribution in [0, 0.1) is 33.3 Å². The van der Waals surface area contributed by atoms with Crippen LogP contribution in [0.25, 0.3) is 0 Å². The van der Waals surface area contributed by atoms with E-state index in [1.54, 1.807) is 6.07 Å². The summed E-state index contributed by atoms with van der Waals surface area (Å²) >= 11 is 0. The van der Waals surface area contributed by atoms with Crippen LogP contribution in [0.15, 0.2) is 18.2 Å². The second-order valence-corrected chi connectivity index (χ2v) is 7.51. The zero-order valence-electron chi connectivity index (χ0n) is 14.9. The van der Waals surface area contributed by atoms with Gasteiger partial charge in [-0.1, -0.05) is 6.92 Å². The zero-order valence-corrected chi connectivity index (χ0v) is 14.9. The summed E-state index contributed by atoms with van der Waals surface area (Å²) in [6, 6.07) is 6.77. The van der Waals surface area contributed by atoms with Crippen LogP contribution in [0.1, 0.15) is 38.2 Å². The van der Waals surface area contributed by atoms with Crippen molar-refractivity contribution in [2.24, 2.45) is 11.8 Å². The van der Waals surface area contributed by atoms with Gasteiger partial charge in [0.1, 0.15) is 6.07 Å². The van der Waals surface area contributed by atoms with Crippen LogP contribution < -0.4 is 4.90 Å². The minimum Gasteiger partial charge on any atom is -0.370 e. The molecule has 1 aromatic carbocycles. The molecule has 0 saturated carbocycles. The average Bonchev–Trinajstić information content (AvgIpc) is 2.63. The Morgan fingerprint density at radius 2 is 2.04 bits per heavy atom. The van der Waals surface area contributed by atoms with Gasteiger partial charge in [-0.3, -0.25) is 10.1 Å². The van der Waals surface area contributed by atoms with Crippen LogP contribution >= 0.6 is 0 Å². The first-order chi connectivity index (χ1) is 12.1. The fourth-order valence-electron chi connectivity index (χ4n) is 4.05. The van der Waals surface area contributed by atoms with E-state index in [9.17, 15) is 15.4 Å². The van der Waals surface area contributed by atoms with E-state index in [0.717, 1.165) is 37.7 Å². The van der Waals surface area contributed by atoms with E-state index in [4.69, 9.17) is 0 Å². The summed E-state index contributed by atoms with van der Waals surface area (Å²) in [6.45, 7) is 7.69. The van der Waals surface area contributed by atoms with E-state index < -0.39 is 4.92 Å². The Kier molecular flexibility index (Phi) is 5.54. The van der Waals surface area contributed by atoms with Gasteiger partial charge < -0.3 is 9.80 Å². The first kappa shape index (κ1) is 17.7. The first-order valence-electron chi connectivity index (χ1n) is 9.22. The molecule has 2 aliphatic rings. The molecular formula is C19H26N4O2. The third-order valence-corrected chi connectivity index (χ3v) is 5.56. The van der Waals surface area contributed by atoms with Gasteiger partial charge in [0.2, 0.25) is 0 Å². The minimum absolute atomic E-state index is 0.0173. The number of hydrogen-bond acceptors (Lipinski definition) is 5. The number of nitrogens with zero attached hydrogens (tertiary/aromatic N) is 4. The second-order valence-electron chi connectivity index (χ2n) is 7.51. The summed E-state index contributed by atoms with van der Waals surface area (Å²) in [5.74, 6) is 1.45. The van der Waals surface area contributed by atoms with Crippen molar-refractivity contribution >= 4 is 11.4 Å². The summed E-state index contributed by atoms with van der Waals surface area (Å²) in [6.07, 6.45) is 4.91. The van der Waals surface area contributed by atoms with Crippen LogP contribution in [-0.2, 0) is 0 Å². The fourth-order valence-corrected chi connectivity index (χ4v) is 4.05. The predicted octanol–water partition coefficient (Wildman–Crippen LogP) is 3.41. The van der Waals surface area contributed by atoms with Crippen LogP contribution in [-0.4, -0.2) is 42.5 Å². The summed E-state index contributed by atoms with van der Waals surface area (Å²) < 4.78 is 0. The van der Waals surface area contributed by atoms with Crippen LogP contribution in [0.5, 0.6) is 0 Å². The van der Waals surface area contributed by atoms with Gasteiger partial charge in [-0.15, -0.1) is 0 Å². The van der Waals surface area contributed by atoms with Gasteiger partial charge in [0, 0.05) is 31.8 Å². The Morgan fingerprint density at radius 3 is 2.72 bits per heavy atom. The molecule has 1 aromatic rings. The third-order valence-electron chi connectivity index (χ3n) is 5.56. The molecule has 0 amide bonds. The molecule has 0 spiro atoms. The minimum atomic E-state index is -0.443. The molecule has 2 fully saturated rings. The lowest BCUT2D eigenvalue weighted by molar-refractivity contribution is -0.384. The topological polar surface area (TPSA) is 73.4 Å². The Labute approximate surface area is 149 Å². The molecule has 2 saturated heterocycles. The van der Waals surface area contributed by atoms with Crippen molar-refractivity contribution in [1.82, 2.24) is 4.90 Å². The molecular weight excluding hydrogens is 316 g/mol. The quantitative estimate of drug-likeness (QED) is 0.619. The molecule has 0 N–H and O–H groups in total. The third kappa shape index (κ3) is 4.29. The van der Waals surface area contributed by atoms with Gasteiger partial charge in [-0.25, -0.2) is 0 Å². The van der Waals surface area contributed by atoms with Crippen molar-refractivity contribution in [2.75, 3.05) is 37.6 Å². The van der Waals surface area contributed by atoms with Gasteiger partial charge >= 0.3 is 0 Å². The van der Waals surface area contributed by atoms with Crippen molar-refractivity contribution < 1.29 is 4.92 Å². The highest BCUT2D eigenvalue weighted by Crippen LogP contribution is 2.29. The monoisotopic (exact) mass is 342 g/mol. The Bertz CT molecular complexity index is 662. The smallest absolute Gasteiger partial charge is 0.270 e. The van der Waals surface area contributed by atoms with E-state index in [0.29, 0.717) is 11.5 Å². The average molecular weight is 342 g/mol. The van der Waals surface area contributed by atoms with Crippen molar-refractivity contribution in [3.05, 3.63) is 33.9 Å². The lowest BCUT2D eigenvalue weighted by Crippen LogP contribution is -2.43. The van der Waals surface area contributed by atoms with E-state index >= 15 is 0 Å². The summed E-state index contributed by atoms with van der Waals surface area (Å²) in [5.41, 5.74) is 1.23. The molecule has 3 rings (SSSR count). The van der Waals surface area contributed by atoms with Gasteiger partial charge in [-0.2, -0.15) is 5.26 Å². The fraction of sp³-hybridized carbons (Fsp3) is 0.632. The van der Waals surface area contributed by atoms with E-state index in [1.165, 1.54) is 44.5 Å². The largest absolute Gasteiger partial charge is 0.370 e. The van der Waals surface area contributed by atoms with Crippen molar-refractivity contribution in [1.29, 1.82) is 5.26 Å². The maximum Gasteiger partial charge on any atom is 0.270 e. The number of rotatable bonds is 4. The predicted molar refractivity (Wildman–Crippen MR) is 97.6 cm³/mol. The standard InChI is InChI=1S/C19H26N4O2/c1-15-6-9-21(10-7-15)13-16-3-2-8-22(14-16)19-5-4-18(23(24)25)11-17(19)12-20/h4-5,11,15-16H,2-3,6-10,13-14H2,1H3. The van der Waals surface area contributed by atoms with Gasteiger partial charge in [0.25, 0.3) is 5.69 Å².